The third kappa shape index (κ3) is 3.97. The van der Waals surface area contributed by atoms with Gasteiger partial charge in [0.1, 0.15) is 0 Å². The Hall–Kier alpha value is 0.451. The van der Waals surface area contributed by atoms with Crippen molar-refractivity contribution in [3.05, 3.63) is 24.3 Å². The van der Waals surface area contributed by atoms with Gasteiger partial charge in [0.25, 0.3) is 9.84 Å². The van der Waals surface area contributed by atoms with Crippen molar-refractivity contribution in [3.63, 3.8) is 0 Å². The fourth-order valence-corrected chi connectivity index (χ4v) is 1.76. The van der Waals surface area contributed by atoms with Gasteiger partial charge in [0, 0.05) is 0 Å². The van der Waals surface area contributed by atoms with Gasteiger partial charge >= 0.3 is 63.9 Å². The molecule has 0 radical (unpaired) electrons. The molecule has 2 nitrogen and oxygen atoms in total. The van der Waals surface area contributed by atoms with Crippen LogP contribution in [0.2, 0.25) is 0 Å². The van der Waals surface area contributed by atoms with Gasteiger partial charge in [0.15, 0.2) is 0 Å². The van der Waals surface area contributed by atoms with Crippen LogP contribution in [0.3, 0.4) is 0 Å². The molecule has 18 heavy (non-hydrogen) atoms. The molecule has 0 heterocycles. The average molecular weight is 316 g/mol. The quantitative estimate of drug-likeness (QED) is 0.520. The van der Waals surface area contributed by atoms with E-state index in [1.54, 1.807) is 0 Å². The van der Waals surface area contributed by atoms with Crippen LogP contribution < -0.4 is 56.8 Å². The minimum Gasteiger partial charge on any atom is -0.445 e. The molecule has 0 aromatic heterocycles. The third-order valence-electron chi connectivity index (χ3n) is 1.87. The molecule has 0 bridgehead atoms. The molecular weight excluding hydrogens is 312 g/mol. The van der Waals surface area contributed by atoms with Gasteiger partial charge in [-0.25, -0.2) is 8.42 Å². The molecule has 0 unspecified atom stereocenters. The first kappa shape index (κ1) is 18.5. The van der Waals surface area contributed by atoms with Crippen LogP contribution in [-0.4, -0.2) is 20.9 Å². The molecule has 0 saturated heterocycles. The van der Waals surface area contributed by atoms with Gasteiger partial charge in [-0.05, 0) is 12.1 Å². The SMILES string of the molecule is O=S(=O)(c1ccc([B-](F)(F)F)cc1)C(F)(F)F.[K+]. The summed E-state index contributed by atoms with van der Waals surface area (Å²) in [6, 6.07) is 1.18. The summed E-state index contributed by atoms with van der Waals surface area (Å²) in [5.41, 5.74) is -6.69. The van der Waals surface area contributed by atoms with Gasteiger partial charge < -0.3 is 12.9 Å². The van der Waals surface area contributed by atoms with E-state index in [0.717, 1.165) is 0 Å². The average Bonchev–Trinajstić information content (AvgIpc) is 2.15. The van der Waals surface area contributed by atoms with Crippen molar-refractivity contribution in [2.45, 2.75) is 10.4 Å². The molecule has 96 valence electrons. The molecule has 0 aliphatic carbocycles. The van der Waals surface area contributed by atoms with Crippen molar-refractivity contribution in [1.29, 1.82) is 0 Å². The second-order valence-electron chi connectivity index (χ2n) is 3.09. The van der Waals surface area contributed by atoms with E-state index < -0.39 is 32.7 Å². The molecule has 11 heteroatoms. The fraction of sp³-hybridized carbons (Fsp3) is 0.143. The monoisotopic (exact) mass is 316 g/mol. The Morgan fingerprint density at radius 2 is 1.33 bits per heavy atom. The Morgan fingerprint density at radius 1 is 0.944 bits per heavy atom. The van der Waals surface area contributed by atoms with Gasteiger partial charge in [0.2, 0.25) is 0 Å². The van der Waals surface area contributed by atoms with Crippen LogP contribution in [-0.2, 0) is 9.84 Å². The summed E-state index contributed by atoms with van der Waals surface area (Å²) in [5.74, 6) is 0. The van der Waals surface area contributed by atoms with Crippen LogP contribution in [0.1, 0.15) is 0 Å². The summed E-state index contributed by atoms with van der Waals surface area (Å²) in [4.78, 5) is -1.21. The van der Waals surface area contributed by atoms with Gasteiger partial charge in [-0.3, -0.25) is 0 Å². The summed E-state index contributed by atoms with van der Waals surface area (Å²) in [5, 5.41) is 0. The number of hydrogen-bond donors (Lipinski definition) is 0. The molecule has 1 aromatic carbocycles. The normalized spacial score (nSPS) is 13.0. The van der Waals surface area contributed by atoms with E-state index in [-0.39, 0.29) is 63.5 Å². The minimum atomic E-state index is -5.60. The van der Waals surface area contributed by atoms with Crippen molar-refractivity contribution in [3.8, 4) is 0 Å². The zero-order chi connectivity index (χ0) is 13.5. The second kappa shape index (κ2) is 5.83. The van der Waals surface area contributed by atoms with Crippen LogP contribution in [0.4, 0.5) is 26.1 Å². The van der Waals surface area contributed by atoms with E-state index in [2.05, 4.69) is 0 Å². The molecule has 0 fully saturated rings. The summed E-state index contributed by atoms with van der Waals surface area (Å²) in [6.45, 7) is -5.37. The van der Waals surface area contributed by atoms with Crippen LogP contribution in [0.15, 0.2) is 29.2 Å². The van der Waals surface area contributed by atoms with Crippen LogP contribution in [0, 0.1) is 0 Å². The first-order chi connectivity index (χ1) is 7.46. The third-order valence-corrected chi connectivity index (χ3v) is 3.38. The number of hydrogen-bond acceptors (Lipinski definition) is 2. The zero-order valence-corrected chi connectivity index (χ0v) is 12.8. The predicted octanol–water partition coefficient (Wildman–Crippen LogP) is -0.962. The van der Waals surface area contributed by atoms with E-state index >= 15 is 0 Å². The zero-order valence-electron chi connectivity index (χ0n) is 8.88. The Bertz CT molecular complexity index is 506. The molecule has 0 atom stereocenters. The van der Waals surface area contributed by atoms with Crippen molar-refractivity contribution in [2.75, 3.05) is 0 Å². The Morgan fingerprint density at radius 3 is 1.61 bits per heavy atom. The molecule has 1 rings (SSSR count). The van der Waals surface area contributed by atoms with E-state index in [4.69, 9.17) is 0 Å². The van der Waals surface area contributed by atoms with Gasteiger partial charge in [-0.1, -0.05) is 12.1 Å². The maximum absolute atomic E-state index is 12.1. The number of rotatable bonds is 2. The molecular formula is C7H4BF6KO2S. The second-order valence-corrected chi connectivity index (χ2v) is 5.03. The fourth-order valence-electron chi connectivity index (χ4n) is 0.999. The van der Waals surface area contributed by atoms with E-state index in [1.165, 1.54) is 0 Å². The van der Waals surface area contributed by atoms with Crippen molar-refractivity contribution >= 4 is 22.3 Å². The molecule has 0 aliphatic rings. The van der Waals surface area contributed by atoms with Gasteiger partial charge in [0.05, 0.1) is 4.90 Å². The molecule has 0 spiro atoms. The van der Waals surface area contributed by atoms with Crippen LogP contribution in [0.25, 0.3) is 0 Å². The number of sulfone groups is 1. The van der Waals surface area contributed by atoms with E-state index in [9.17, 15) is 34.5 Å². The molecule has 1 aromatic rings. The van der Waals surface area contributed by atoms with Gasteiger partial charge in [-0.2, -0.15) is 13.2 Å². The first-order valence-corrected chi connectivity index (χ1v) is 5.56. The summed E-state index contributed by atoms with van der Waals surface area (Å²) in [6.07, 6.45) is 0. The van der Waals surface area contributed by atoms with Crippen molar-refractivity contribution in [2.24, 2.45) is 0 Å². The number of halogens is 6. The minimum absolute atomic E-state index is 0. The molecule has 0 N–H and O–H groups in total. The standard InChI is InChI=1S/C7H4BF6O2S.K/c9-7(10,11)17(15,16)6-3-1-5(2-4-6)8(12,13)14;/h1-4H;/q-1;+1. The molecule has 0 aliphatic heterocycles. The smallest absolute Gasteiger partial charge is 0.445 e. The molecule has 0 amide bonds. The summed E-state index contributed by atoms with van der Waals surface area (Å²) in [7, 11) is -5.60. The first-order valence-electron chi connectivity index (χ1n) is 4.07. The maximum atomic E-state index is 12.1. The van der Waals surface area contributed by atoms with Crippen molar-refractivity contribution < 1.29 is 85.9 Å². The predicted molar refractivity (Wildman–Crippen MR) is 48.4 cm³/mol. The summed E-state index contributed by atoms with van der Waals surface area (Å²) >= 11 is 0. The maximum Gasteiger partial charge on any atom is 1.00 e. The van der Waals surface area contributed by atoms with E-state index in [1.807, 2.05) is 0 Å². The van der Waals surface area contributed by atoms with Crippen molar-refractivity contribution in [1.82, 2.24) is 0 Å². The summed E-state index contributed by atoms with van der Waals surface area (Å²) < 4.78 is 94.2. The number of alkyl halides is 3. The Kier molecular flexibility index (Phi) is 5.98. The Balaban J connectivity index is 0.00000289. The van der Waals surface area contributed by atoms with Crippen LogP contribution >= 0.6 is 0 Å². The van der Waals surface area contributed by atoms with E-state index in [0.29, 0.717) is 12.1 Å². The van der Waals surface area contributed by atoms with Gasteiger partial charge in [-0.15, -0.1) is 5.46 Å². The Labute approximate surface area is 141 Å². The largest absolute Gasteiger partial charge is 1.00 e. The van der Waals surface area contributed by atoms with Crippen LogP contribution in [0.5, 0.6) is 0 Å². The number of benzene rings is 1. The topological polar surface area (TPSA) is 34.1 Å². The molecule has 0 saturated carbocycles.